The Morgan fingerprint density at radius 1 is 1.23 bits per heavy atom. The van der Waals surface area contributed by atoms with E-state index >= 15 is 0 Å². The minimum atomic E-state index is -1.96. The van der Waals surface area contributed by atoms with Gasteiger partial charge in [0.15, 0.2) is 8.32 Å². The molecule has 1 aromatic heterocycles. The molecule has 2 N–H and O–H groups in total. The molecule has 0 saturated heterocycles. The summed E-state index contributed by atoms with van der Waals surface area (Å²) >= 11 is 0. The van der Waals surface area contributed by atoms with Crippen LogP contribution in [0.15, 0.2) is 30.7 Å². The zero-order valence-electron chi connectivity index (χ0n) is 19.7. The average molecular weight is 432 g/mol. The minimum absolute atomic E-state index is 0.0220. The maximum absolute atomic E-state index is 11.5. The number of aryl methyl sites for hydroxylation is 2. The highest BCUT2D eigenvalue weighted by Crippen LogP contribution is 2.38. The lowest BCUT2D eigenvalue weighted by molar-refractivity contribution is 0.0994. The van der Waals surface area contributed by atoms with Crippen LogP contribution in [0.4, 0.5) is 0 Å². The molecule has 6 nitrogen and oxygen atoms in total. The molecular weight excluding hydrogens is 394 g/mol. The van der Waals surface area contributed by atoms with E-state index in [4.69, 9.17) is 14.9 Å². The third-order valence-corrected chi connectivity index (χ3v) is 10.8. The number of rotatable bonds is 9. The number of hydrogen-bond acceptors (Lipinski definition) is 4. The van der Waals surface area contributed by atoms with Crippen LogP contribution in [-0.4, -0.2) is 36.5 Å². The third kappa shape index (κ3) is 5.95. The summed E-state index contributed by atoms with van der Waals surface area (Å²) in [6.07, 6.45) is 4.02. The van der Waals surface area contributed by atoms with E-state index in [1.807, 2.05) is 10.6 Å². The fraction of sp³-hybridized carbons (Fsp3) is 0.565. The number of aromatic nitrogens is 2. The van der Waals surface area contributed by atoms with Gasteiger partial charge in [-0.3, -0.25) is 4.79 Å². The number of primary amides is 1. The SMILES string of the molecule is Cc1ccc(OCC[C@H]([C@H](C)O[Si](C)(C)C(C)(C)C)n2cnc(C(N)=O)c2)cc1C. The van der Waals surface area contributed by atoms with E-state index in [0.717, 1.165) is 12.2 Å². The van der Waals surface area contributed by atoms with Gasteiger partial charge in [0.25, 0.3) is 5.91 Å². The number of benzene rings is 1. The summed E-state index contributed by atoms with van der Waals surface area (Å²) in [5.41, 5.74) is 8.11. The fourth-order valence-corrected chi connectivity index (χ4v) is 4.53. The van der Waals surface area contributed by atoms with Crippen LogP contribution in [0.3, 0.4) is 0 Å². The molecule has 0 aliphatic carbocycles. The summed E-state index contributed by atoms with van der Waals surface area (Å²) < 4.78 is 14.6. The molecule has 1 heterocycles. The molecule has 166 valence electrons. The van der Waals surface area contributed by atoms with Crippen molar-refractivity contribution in [1.29, 1.82) is 0 Å². The lowest BCUT2D eigenvalue weighted by Gasteiger charge is -2.40. The van der Waals surface area contributed by atoms with Gasteiger partial charge in [0, 0.05) is 12.6 Å². The Balaban J connectivity index is 2.17. The van der Waals surface area contributed by atoms with Gasteiger partial charge in [-0.1, -0.05) is 26.8 Å². The summed E-state index contributed by atoms with van der Waals surface area (Å²) in [7, 11) is -1.96. The van der Waals surface area contributed by atoms with Gasteiger partial charge in [-0.2, -0.15) is 0 Å². The van der Waals surface area contributed by atoms with Crippen molar-refractivity contribution in [2.75, 3.05) is 6.61 Å². The second kappa shape index (κ2) is 9.35. The van der Waals surface area contributed by atoms with Crippen LogP contribution in [0.25, 0.3) is 0 Å². The van der Waals surface area contributed by atoms with Gasteiger partial charge in [0.2, 0.25) is 0 Å². The Labute approximate surface area is 181 Å². The molecule has 1 amide bonds. The van der Waals surface area contributed by atoms with Crippen LogP contribution in [-0.2, 0) is 4.43 Å². The van der Waals surface area contributed by atoms with Crippen molar-refractivity contribution >= 4 is 14.2 Å². The molecule has 2 aromatic rings. The van der Waals surface area contributed by atoms with Crippen LogP contribution in [0, 0.1) is 13.8 Å². The van der Waals surface area contributed by atoms with E-state index in [0.29, 0.717) is 6.61 Å². The first-order valence-corrected chi connectivity index (χ1v) is 13.4. The van der Waals surface area contributed by atoms with E-state index in [1.165, 1.54) is 11.1 Å². The Kier molecular flexibility index (Phi) is 7.53. The van der Waals surface area contributed by atoms with Gasteiger partial charge in [-0.15, -0.1) is 0 Å². The third-order valence-electron chi connectivity index (χ3n) is 6.23. The Morgan fingerprint density at radius 2 is 1.90 bits per heavy atom. The molecule has 0 radical (unpaired) electrons. The number of ether oxygens (including phenoxy) is 1. The molecule has 0 fully saturated rings. The molecule has 7 heteroatoms. The van der Waals surface area contributed by atoms with Crippen LogP contribution < -0.4 is 10.5 Å². The molecule has 0 bridgehead atoms. The summed E-state index contributed by atoms with van der Waals surface area (Å²) in [6.45, 7) is 18.0. The van der Waals surface area contributed by atoms with E-state index in [1.54, 1.807) is 12.5 Å². The monoisotopic (exact) mass is 431 g/mol. The van der Waals surface area contributed by atoms with E-state index in [-0.39, 0.29) is 22.9 Å². The Hall–Kier alpha value is -2.12. The predicted octanol–water partition coefficient (Wildman–Crippen LogP) is 5.02. The Bertz CT molecular complexity index is 871. The van der Waals surface area contributed by atoms with Gasteiger partial charge >= 0.3 is 0 Å². The summed E-state index contributed by atoms with van der Waals surface area (Å²) in [4.78, 5) is 15.7. The van der Waals surface area contributed by atoms with Gasteiger partial charge in [-0.25, -0.2) is 4.98 Å². The average Bonchev–Trinajstić information content (AvgIpc) is 3.10. The van der Waals surface area contributed by atoms with E-state index < -0.39 is 14.2 Å². The summed E-state index contributed by atoms with van der Waals surface area (Å²) in [5, 5.41) is 0.106. The van der Waals surface area contributed by atoms with Crippen molar-refractivity contribution in [1.82, 2.24) is 9.55 Å². The van der Waals surface area contributed by atoms with Gasteiger partial charge in [0.1, 0.15) is 11.4 Å². The number of imidazole rings is 1. The number of hydrogen-bond donors (Lipinski definition) is 1. The number of amides is 1. The van der Waals surface area contributed by atoms with Crippen LogP contribution >= 0.6 is 0 Å². The molecule has 2 rings (SSSR count). The maximum atomic E-state index is 11.5. The standard InChI is InChI=1S/C23H37N3O3Si/c1-16-9-10-19(13-17(16)2)28-12-11-21(26-14-20(22(24)27)25-15-26)18(3)29-30(7,8)23(4,5)6/h9-10,13-15,18,21H,11-12H2,1-8H3,(H2,24,27)/t18-,21+/m0/s1. The van der Waals surface area contributed by atoms with Crippen LogP contribution in [0.2, 0.25) is 18.1 Å². The molecule has 30 heavy (non-hydrogen) atoms. The number of carbonyl (C=O) groups excluding carboxylic acids is 1. The van der Waals surface area contributed by atoms with E-state index in [2.05, 4.69) is 71.8 Å². The summed E-state index contributed by atoms with van der Waals surface area (Å²) in [5.74, 6) is 0.329. The van der Waals surface area contributed by atoms with Crippen molar-refractivity contribution in [2.45, 2.75) is 78.2 Å². The highest BCUT2D eigenvalue weighted by atomic mass is 28.4. The molecule has 1 aromatic carbocycles. The van der Waals surface area contributed by atoms with Crippen LogP contribution in [0.5, 0.6) is 5.75 Å². The molecule has 0 spiro atoms. The largest absolute Gasteiger partial charge is 0.494 e. The quantitative estimate of drug-likeness (QED) is 0.565. The molecule has 2 atom stereocenters. The lowest BCUT2D eigenvalue weighted by Crippen LogP contribution is -2.45. The predicted molar refractivity (Wildman–Crippen MR) is 124 cm³/mol. The van der Waals surface area contributed by atoms with Gasteiger partial charge in [0.05, 0.1) is 25.1 Å². The van der Waals surface area contributed by atoms with Crippen molar-refractivity contribution in [3.63, 3.8) is 0 Å². The smallest absolute Gasteiger partial charge is 0.268 e. The fourth-order valence-electron chi connectivity index (χ4n) is 3.09. The summed E-state index contributed by atoms with van der Waals surface area (Å²) in [6, 6.07) is 6.10. The minimum Gasteiger partial charge on any atom is -0.494 e. The zero-order valence-corrected chi connectivity index (χ0v) is 20.7. The van der Waals surface area contributed by atoms with Crippen molar-refractivity contribution in [2.24, 2.45) is 5.73 Å². The van der Waals surface area contributed by atoms with Crippen molar-refractivity contribution < 1.29 is 14.0 Å². The zero-order chi connectivity index (χ0) is 22.7. The first-order chi connectivity index (χ1) is 13.8. The first-order valence-electron chi connectivity index (χ1n) is 10.5. The lowest BCUT2D eigenvalue weighted by atomic mass is 10.1. The Morgan fingerprint density at radius 3 is 2.43 bits per heavy atom. The van der Waals surface area contributed by atoms with Gasteiger partial charge < -0.3 is 19.5 Å². The number of nitrogens with two attached hydrogens (primary N) is 1. The second-order valence-electron chi connectivity index (χ2n) is 9.60. The van der Waals surface area contributed by atoms with E-state index in [9.17, 15) is 4.79 Å². The first kappa shape index (κ1) is 24.1. The second-order valence-corrected chi connectivity index (χ2v) is 14.4. The van der Waals surface area contributed by atoms with Crippen molar-refractivity contribution in [3.8, 4) is 5.75 Å². The maximum Gasteiger partial charge on any atom is 0.268 e. The van der Waals surface area contributed by atoms with Gasteiger partial charge in [-0.05, 0) is 62.2 Å². The molecule has 0 aliphatic heterocycles. The highest BCUT2D eigenvalue weighted by molar-refractivity contribution is 6.74. The molecule has 0 saturated carbocycles. The number of nitrogens with zero attached hydrogens (tertiary/aromatic N) is 2. The van der Waals surface area contributed by atoms with Crippen LogP contribution in [0.1, 0.15) is 61.8 Å². The molecular formula is C23H37N3O3Si. The van der Waals surface area contributed by atoms with Crippen molar-refractivity contribution in [3.05, 3.63) is 47.5 Å². The normalized spacial score (nSPS) is 14.4. The number of carbonyl (C=O) groups is 1. The highest BCUT2D eigenvalue weighted by Gasteiger charge is 2.40. The topological polar surface area (TPSA) is 79.4 Å². The molecule has 0 aliphatic rings. The molecule has 0 unspecified atom stereocenters.